The monoisotopic (exact) mass is 438 g/mol. The van der Waals surface area contributed by atoms with Gasteiger partial charge in [0, 0.05) is 5.54 Å². The standard InChI is InChI=1S/C23H26N4O3S/c1-14-10-11-16(12-15(14)2)27-20(29)17-8-6-7-9-18(17)24-22(27)31-13-19(28)25-21(30)26-23(3,4)5/h6-12H,13H2,1-5H3,(H2,25,26,28,30). The Morgan fingerprint density at radius 2 is 1.77 bits per heavy atom. The van der Waals surface area contributed by atoms with E-state index in [0.717, 1.165) is 22.9 Å². The minimum absolute atomic E-state index is 0.0623. The zero-order valence-electron chi connectivity index (χ0n) is 18.3. The fourth-order valence-electron chi connectivity index (χ4n) is 2.97. The van der Waals surface area contributed by atoms with Crippen LogP contribution in [0.25, 0.3) is 16.6 Å². The lowest BCUT2D eigenvalue weighted by Gasteiger charge is -2.20. The Labute approximate surface area is 185 Å². The number of urea groups is 1. The van der Waals surface area contributed by atoms with Crippen molar-refractivity contribution in [3.8, 4) is 5.69 Å². The second-order valence-electron chi connectivity index (χ2n) is 8.36. The van der Waals surface area contributed by atoms with Gasteiger partial charge < -0.3 is 5.32 Å². The molecular formula is C23H26N4O3S. The number of para-hydroxylation sites is 1. The second-order valence-corrected chi connectivity index (χ2v) is 9.30. The zero-order valence-corrected chi connectivity index (χ0v) is 19.1. The average molecular weight is 439 g/mol. The molecule has 3 amide bonds. The van der Waals surface area contributed by atoms with Crippen molar-refractivity contribution in [3.63, 3.8) is 0 Å². The SMILES string of the molecule is Cc1ccc(-n2c(SCC(=O)NC(=O)NC(C)(C)C)nc3ccccc3c2=O)cc1C. The van der Waals surface area contributed by atoms with Crippen LogP contribution >= 0.6 is 11.8 Å². The van der Waals surface area contributed by atoms with Crippen LogP contribution in [0.4, 0.5) is 4.79 Å². The topological polar surface area (TPSA) is 93.1 Å². The number of amides is 3. The molecule has 1 heterocycles. The van der Waals surface area contributed by atoms with E-state index >= 15 is 0 Å². The number of thioether (sulfide) groups is 1. The number of fused-ring (bicyclic) bond motifs is 1. The lowest BCUT2D eigenvalue weighted by Crippen LogP contribution is -2.48. The van der Waals surface area contributed by atoms with Crippen molar-refractivity contribution in [2.45, 2.75) is 45.3 Å². The van der Waals surface area contributed by atoms with Crippen LogP contribution < -0.4 is 16.2 Å². The minimum Gasteiger partial charge on any atom is -0.333 e. The lowest BCUT2D eigenvalue weighted by atomic mass is 10.1. The van der Waals surface area contributed by atoms with Gasteiger partial charge in [0.2, 0.25) is 5.91 Å². The highest BCUT2D eigenvalue weighted by Gasteiger charge is 2.18. The van der Waals surface area contributed by atoms with E-state index in [1.165, 1.54) is 4.57 Å². The number of carbonyl (C=O) groups excluding carboxylic acids is 2. The Hall–Kier alpha value is -3.13. The first-order valence-corrected chi connectivity index (χ1v) is 10.9. The van der Waals surface area contributed by atoms with Gasteiger partial charge in [-0.25, -0.2) is 9.78 Å². The quantitative estimate of drug-likeness (QED) is 0.478. The maximum atomic E-state index is 13.3. The summed E-state index contributed by atoms with van der Waals surface area (Å²) in [7, 11) is 0. The molecular weight excluding hydrogens is 412 g/mol. The van der Waals surface area contributed by atoms with E-state index < -0.39 is 17.5 Å². The molecule has 2 N–H and O–H groups in total. The molecule has 0 aliphatic heterocycles. The number of hydrogen-bond donors (Lipinski definition) is 2. The molecule has 3 rings (SSSR count). The lowest BCUT2D eigenvalue weighted by molar-refractivity contribution is -0.117. The maximum Gasteiger partial charge on any atom is 0.321 e. The maximum absolute atomic E-state index is 13.3. The first-order chi connectivity index (χ1) is 14.5. The fourth-order valence-corrected chi connectivity index (χ4v) is 3.78. The Balaban J connectivity index is 1.94. The Morgan fingerprint density at radius 1 is 1.06 bits per heavy atom. The van der Waals surface area contributed by atoms with Crippen LogP contribution in [0, 0.1) is 13.8 Å². The summed E-state index contributed by atoms with van der Waals surface area (Å²) in [6, 6.07) is 12.3. The van der Waals surface area contributed by atoms with Gasteiger partial charge >= 0.3 is 6.03 Å². The van der Waals surface area contributed by atoms with Crippen LogP contribution in [0.3, 0.4) is 0 Å². The van der Waals surface area contributed by atoms with E-state index in [1.54, 1.807) is 18.2 Å². The molecule has 2 aromatic carbocycles. The largest absolute Gasteiger partial charge is 0.333 e. The first kappa shape index (κ1) is 22.6. The summed E-state index contributed by atoms with van der Waals surface area (Å²) >= 11 is 1.11. The summed E-state index contributed by atoms with van der Waals surface area (Å²) in [6.45, 7) is 9.46. The molecule has 0 radical (unpaired) electrons. The van der Waals surface area contributed by atoms with Crippen LogP contribution in [-0.4, -0.2) is 32.8 Å². The second kappa shape index (κ2) is 8.93. The highest BCUT2D eigenvalue weighted by atomic mass is 32.2. The minimum atomic E-state index is -0.559. The summed E-state index contributed by atoms with van der Waals surface area (Å²) in [4.78, 5) is 42.1. The first-order valence-electron chi connectivity index (χ1n) is 9.89. The van der Waals surface area contributed by atoms with Gasteiger partial charge in [0.1, 0.15) is 0 Å². The van der Waals surface area contributed by atoms with E-state index in [1.807, 2.05) is 58.9 Å². The predicted octanol–water partition coefficient (Wildman–Crippen LogP) is 3.72. The van der Waals surface area contributed by atoms with Gasteiger partial charge in [-0.15, -0.1) is 0 Å². The van der Waals surface area contributed by atoms with Crippen LogP contribution in [0.1, 0.15) is 31.9 Å². The van der Waals surface area contributed by atoms with Crippen LogP contribution in [0.5, 0.6) is 0 Å². The molecule has 0 atom stereocenters. The molecule has 3 aromatic rings. The van der Waals surface area contributed by atoms with Gasteiger partial charge in [0.15, 0.2) is 5.16 Å². The number of carbonyl (C=O) groups is 2. The summed E-state index contributed by atoms with van der Waals surface area (Å²) in [5.74, 6) is -0.534. The summed E-state index contributed by atoms with van der Waals surface area (Å²) < 4.78 is 1.52. The van der Waals surface area contributed by atoms with Crippen LogP contribution in [0.2, 0.25) is 0 Å². The third-order valence-electron chi connectivity index (χ3n) is 4.57. The van der Waals surface area contributed by atoms with E-state index in [2.05, 4.69) is 15.6 Å². The number of imide groups is 1. The van der Waals surface area contributed by atoms with Gasteiger partial charge in [0.05, 0.1) is 22.3 Å². The molecule has 8 heteroatoms. The predicted molar refractivity (Wildman–Crippen MR) is 124 cm³/mol. The van der Waals surface area contributed by atoms with Gasteiger partial charge in [-0.3, -0.25) is 19.5 Å². The normalized spacial score (nSPS) is 11.4. The molecule has 0 spiro atoms. The molecule has 1 aromatic heterocycles. The molecule has 0 unspecified atom stereocenters. The van der Waals surface area contributed by atoms with E-state index in [4.69, 9.17) is 0 Å². The van der Waals surface area contributed by atoms with Crippen molar-refractivity contribution in [3.05, 3.63) is 63.9 Å². The van der Waals surface area contributed by atoms with E-state index in [0.29, 0.717) is 21.7 Å². The van der Waals surface area contributed by atoms with Crippen molar-refractivity contribution < 1.29 is 9.59 Å². The molecule has 0 aliphatic rings. The number of nitrogens with one attached hydrogen (secondary N) is 2. The Bertz CT molecular complexity index is 1210. The summed E-state index contributed by atoms with van der Waals surface area (Å²) in [6.07, 6.45) is 0. The molecule has 0 saturated carbocycles. The van der Waals surface area contributed by atoms with Gasteiger partial charge in [-0.05, 0) is 70.0 Å². The summed E-state index contributed by atoms with van der Waals surface area (Å²) in [5, 5.41) is 5.88. The molecule has 0 bridgehead atoms. The van der Waals surface area contributed by atoms with Crippen LogP contribution in [-0.2, 0) is 4.79 Å². The third kappa shape index (κ3) is 5.52. The van der Waals surface area contributed by atoms with E-state index in [9.17, 15) is 14.4 Å². The van der Waals surface area contributed by atoms with Crippen LogP contribution in [0.15, 0.2) is 52.4 Å². The molecule has 0 aliphatic carbocycles. The number of nitrogens with zero attached hydrogens (tertiary/aromatic N) is 2. The van der Waals surface area contributed by atoms with Crippen molar-refractivity contribution >= 4 is 34.6 Å². The fraction of sp³-hybridized carbons (Fsp3) is 0.304. The number of benzene rings is 2. The van der Waals surface area contributed by atoms with Crippen molar-refractivity contribution in [2.24, 2.45) is 0 Å². The number of aromatic nitrogens is 2. The molecule has 7 nitrogen and oxygen atoms in total. The molecule has 31 heavy (non-hydrogen) atoms. The Morgan fingerprint density at radius 3 is 2.45 bits per heavy atom. The summed E-state index contributed by atoms with van der Waals surface area (Å²) in [5.41, 5.74) is 2.73. The van der Waals surface area contributed by atoms with Gasteiger partial charge in [0.25, 0.3) is 5.56 Å². The highest BCUT2D eigenvalue weighted by Crippen LogP contribution is 2.22. The number of rotatable bonds is 4. The molecule has 162 valence electrons. The average Bonchev–Trinajstić information content (AvgIpc) is 2.67. The molecule has 0 saturated heterocycles. The van der Waals surface area contributed by atoms with Gasteiger partial charge in [-0.2, -0.15) is 0 Å². The number of hydrogen-bond acceptors (Lipinski definition) is 5. The smallest absolute Gasteiger partial charge is 0.321 e. The van der Waals surface area contributed by atoms with Crippen molar-refractivity contribution in [1.29, 1.82) is 0 Å². The number of aryl methyl sites for hydroxylation is 2. The third-order valence-corrected chi connectivity index (χ3v) is 5.51. The zero-order chi connectivity index (χ0) is 22.8. The van der Waals surface area contributed by atoms with Gasteiger partial charge in [-0.1, -0.05) is 30.0 Å². The van der Waals surface area contributed by atoms with Crippen molar-refractivity contribution in [1.82, 2.24) is 20.2 Å². The molecule has 0 fully saturated rings. The van der Waals surface area contributed by atoms with Crippen molar-refractivity contribution in [2.75, 3.05) is 5.75 Å². The van der Waals surface area contributed by atoms with E-state index in [-0.39, 0.29) is 11.3 Å². The highest BCUT2D eigenvalue weighted by molar-refractivity contribution is 7.99. The Kier molecular flexibility index (Phi) is 6.50.